The average Bonchev–Trinajstić information content (AvgIpc) is 2.59. The van der Waals surface area contributed by atoms with Gasteiger partial charge in [-0.15, -0.1) is 0 Å². The van der Waals surface area contributed by atoms with Crippen LogP contribution in [0.4, 0.5) is 0 Å². The lowest BCUT2D eigenvalue weighted by atomic mass is 10.3. The summed E-state index contributed by atoms with van der Waals surface area (Å²) >= 11 is 0. The van der Waals surface area contributed by atoms with E-state index in [0.717, 1.165) is 0 Å². The summed E-state index contributed by atoms with van der Waals surface area (Å²) in [7, 11) is 1.78. The van der Waals surface area contributed by atoms with E-state index < -0.39 is 0 Å². The normalized spacial score (nSPS) is 20.7. The van der Waals surface area contributed by atoms with E-state index in [-0.39, 0.29) is 6.04 Å². The maximum atomic E-state index is 8.61. The number of nitriles is 1. The van der Waals surface area contributed by atoms with Crippen LogP contribution in [-0.2, 0) is 4.74 Å². The molecule has 0 heterocycles. The molecule has 0 spiro atoms. The fourth-order valence-electron chi connectivity index (χ4n) is 1.47. The van der Waals surface area contributed by atoms with Gasteiger partial charge in [-0.05, 0) is 19.9 Å². The lowest BCUT2D eigenvalue weighted by Crippen LogP contribution is -2.30. The molecule has 1 N–H and O–H groups in total. The van der Waals surface area contributed by atoms with Crippen molar-refractivity contribution in [3.05, 3.63) is 0 Å². The van der Waals surface area contributed by atoms with Gasteiger partial charge in [-0.3, -0.25) is 0 Å². The third-order valence-electron chi connectivity index (χ3n) is 2.31. The molecule has 1 atom stereocenters. The zero-order valence-corrected chi connectivity index (χ0v) is 7.55. The topological polar surface area (TPSA) is 45.0 Å². The molecule has 1 aliphatic rings. The molecule has 1 rings (SSSR count). The van der Waals surface area contributed by atoms with Gasteiger partial charge in [-0.2, -0.15) is 5.26 Å². The van der Waals surface area contributed by atoms with Crippen molar-refractivity contribution >= 4 is 0 Å². The van der Waals surface area contributed by atoms with E-state index in [1.54, 1.807) is 7.05 Å². The van der Waals surface area contributed by atoms with E-state index in [1.165, 1.54) is 25.7 Å². The molecule has 1 saturated carbocycles. The Kier molecular flexibility index (Phi) is 4.06. The first-order valence-corrected chi connectivity index (χ1v) is 4.55. The van der Waals surface area contributed by atoms with Crippen LogP contribution in [0.25, 0.3) is 0 Å². The highest BCUT2D eigenvalue weighted by Gasteiger charge is 2.16. The monoisotopic (exact) mass is 168 g/mol. The Morgan fingerprint density at radius 1 is 1.58 bits per heavy atom. The molecule has 0 amide bonds. The van der Waals surface area contributed by atoms with Crippen molar-refractivity contribution in [2.75, 3.05) is 13.7 Å². The lowest BCUT2D eigenvalue weighted by Gasteiger charge is -2.13. The smallest absolute Gasteiger partial charge is 0.119 e. The number of nitrogens with one attached hydrogen (secondary N) is 1. The Balaban J connectivity index is 2.11. The quantitative estimate of drug-likeness (QED) is 0.682. The van der Waals surface area contributed by atoms with Crippen LogP contribution in [0.5, 0.6) is 0 Å². The fourth-order valence-corrected chi connectivity index (χ4v) is 1.47. The van der Waals surface area contributed by atoms with Gasteiger partial charge in [0.05, 0.1) is 18.8 Å². The number of hydrogen-bond acceptors (Lipinski definition) is 3. The Bertz CT molecular complexity index is 158. The predicted octanol–water partition coefficient (Wildman–Crippen LogP) is 1.06. The van der Waals surface area contributed by atoms with Crippen LogP contribution >= 0.6 is 0 Å². The van der Waals surface area contributed by atoms with E-state index in [0.29, 0.717) is 12.7 Å². The van der Waals surface area contributed by atoms with Gasteiger partial charge >= 0.3 is 0 Å². The zero-order chi connectivity index (χ0) is 8.81. The van der Waals surface area contributed by atoms with Crippen LogP contribution in [0.15, 0.2) is 0 Å². The molecule has 0 aromatic heterocycles. The summed E-state index contributed by atoms with van der Waals surface area (Å²) in [4.78, 5) is 0. The molecule has 0 aromatic rings. The summed E-state index contributed by atoms with van der Waals surface area (Å²) in [6.45, 7) is 0.525. The molecule has 1 fully saturated rings. The highest BCUT2D eigenvalue weighted by atomic mass is 16.5. The highest BCUT2D eigenvalue weighted by molar-refractivity contribution is 4.88. The minimum absolute atomic E-state index is 0.148. The molecule has 0 aliphatic heterocycles. The van der Waals surface area contributed by atoms with Gasteiger partial charge in [0.15, 0.2) is 0 Å². The van der Waals surface area contributed by atoms with Crippen LogP contribution in [0.1, 0.15) is 25.7 Å². The van der Waals surface area contributed by atoms with Crippen LogP contribution < -0.4 is 5.32 Å². The van der Waals surface area contributed by atoms with Crippen molar-refractivity contribution in [3.8, 4) is 6.07 Å². The molecular formula is C9H16N2O. The first-order chi connectivity index (χ1) is 5.86. The van der Waals surface area contributed by atoms with Gasteiger partial charge in [-0.25, -0.2) is 0 Å². The van der Waals surface area contributed by atoms with Crippen LogP contribution in [-0.4, -0.2) is 25.8 Å². The second kappa shape index (κ2) is 5.13. The molecular weight excluding hydrogens is 152 g/mol. The Morgan fingerprint density at radius 2 is 2.25 bits per heavy atom. The molecule has 0 bridgehead atoms. The Hall–Kier alpha value is -0.590. The number of likely N-dealkylation sites (N-methyl/N-ethyl adjacent to an activating group) is 1. The molecule has 68 valence electrons. The van der Waals surface area contributed by atoms with Gasteiger partial charge in [0.2, 0.25) is 0 Å². The average molecular weight is 168 g/mol. The van der Waals surface area contributed by atoms with Crippen molar-refractivity contribution in [1.29, 1.82) is 5.26 Å². The SMILES string of the molecule is CNC(C#N)COC1CCCC1. The Labute approximate surface area is 73.7 Å². The molecule has 1 unspecified atom stereocenters. The molecule has 3 heteroatoms. The molecule has 3 nitrogen and oxygen atoms in total. The fraction of sp³-hybridized carbons (Fsp3) is 0.889. The van der Waals surface area contributed by atoms with Gasteiger partial charge < -0.3 is 10.1 Å². The summed E-state index contributed by atoms with van der Waals surface area (Å²) in [5.74, 6) is 0. The minimum atomic E-state index is -0.148. The Morgan fingerprint density at radius 3 is 2.75 bits per heavy atom. The van der Waals surface area contributed by atoms with Gasteiger partial charge in [0.25, 0.3) is 0 Å². The molecule has 0 aromatic carbocycles. The largest absolute Gasteiger partial charge is 0.375 e. The third-order valence-corrected chi connectivity index (χ3v) is 2.31. The van der Waals surface area contributed by atoms with E-state index in [2.05, 4.69) is 11.4 Å². The summed E-state index contributed by atoms with van der Waals surface area (Å²) in [5.41, 5.74) is 0. The zero-order valence-electron chi connectivity index (χ0n) is 7.55. The van der Waals surface area contributed by atoms with Gasteiger partial charge in [0.1, 0.15) is 6.04 Å². The van der Waals surface area contributed by atoms with E-state index in [9.17, 15) is 0 Å². The maximum Gasteiger partial charge on any atom is 0.119 e. The summed E-state index contributed by atoms with van der Waals surface area (Å²) in [6, 6.07) is 1.99. The van der Waals surface area contributed by atoms with Gasteiger partial charge in [0, 0.05) is 0 Å². The van der Waals surface area contributed by atoms with Crippen molar-refractivity contribution in [2.45, 2.75) is 37.8 Å². The number of ether oxygens (including phenoxy) is 1. The lowest BCUT2D eigenvalue weighted by molar-refractivity contribution is 0.0522. The summed E-state index contributed by atoms with van der Waals surface area (Å²) in [6.07, 6.45) is 5.31. The van der Waals surface area contributed by atoms with Gasteiger partial charge in [-0.1, -0.05) is 12.8 Å². The van der Waals surface area contributed by atoms with Crippen LogP contribution in [0.2, 0.25) is 0 Å². The van der Waals surface area contributed by atoms with E-state index in [4.69, 9.17) is 10.00 Å². The van der Waals surface area contributed by atoms with E-state index >= 15 is 0 Å². The standard InChI is InChI=1S/C9H16N2O/c1-11-8(6-10)7-12-9-4-2-3-5-9/h8-9,11H,2-5,7H2,1H3. The molecule has 0 saturated heterocycles. The predicted molar refractivity (Wildman–Crippen MR) is 46.7 cm³/mol. The molecule has 0 radical (unpaired) electrons. The van der Waals surface area contributed by atoms with E-state index in [1.807, 2.05) is 0 Å². The number of rotatable bonds is 4. The molecule has 12 heavy (non-hydrogen) atoms. The van der Waals surface area contributed by atoms with Crippen molar-refractivity contribution < 1.29 is 4.74 Å². The second-order valence-electron chi connectivity index (χ2n) is 3.21. The first-order valence-electron chi connectivity index (χ1n) is 4.55. The van der Waals surface area contributed by atoms with Crippen molar-refractivity contribution in [2.24, 2.45) is 0 Å². The highest BCUT2D eigenvalue weighted by Crippen LogP contribution is 2.20. The van der Waals surface area contributed by atoms with Crippen molar-refractivity contribution in [1.82, 2.24) is 5.32 Å². The number of hydrogen-bond donors (Lipinski definition) is 1. The second-order valence-corrected chi connectivity index (χ2v) is 3.21. The van der Waals surface area contributed by atoms with Crippen LogP contribution in [0, 0.1) is 11.3 Å². The third kappa shape index (κ3) is 2.80. The number of nitrogens with zero attached hydrogens (tertiary/aromatic N) is 1. The minimum Gasteiger partial charge on any atom is -0.375 e. The first kappa shape index (κ1) is 9.50. The van der Waals surface area contributed by atoms with Crippen molar-refractivity contribution in [3.63, 3.8) is 0 Å². The summed E-state index contributed by atoms with van der Waals surface area (Å²) in [5, 5.41) is 11.5. The summed E-state index contributed by atoms with van der Waals surface area (Å²) < 4.78 is 5.56. The maximum absolute atomic E-state index is 8.61. The molecule has 1 aliphatic carbocycles. The van der Waals surface area contributed by atoms with Crippen LogP contribution in [0.3, 0.4) is 0 Å².